The normalized spacial score (nSPS) is 23.7. The molecule has 0 spiro atoms. The summed E-state index contributed by atoms with van der Waals surface area (Å²) in [6.07, 6.45) is -9.83. The van der Waals surface area contributed by atoms with E-state index in [0.717, 1.165) is 19.9 Å². The van der Waals surface area contributed by atoms with Crippen molar-refractivity contribution in [1.82, 2.24) is 4.98 Å². The number of nitrogens with zero attached hydrogens (tertiary/aromatic N) is 1. The van der Waals surface area contributed by atoms with Gasteiger partial charge in [0.2, 0.25) is 5.88 Å². The van der Waals surface area contributed by atoms with Crippen LogP contribution in [0.4, 0.5) is 26.3 Å². The third-order valence-corrected chi connectivity index (χ3v) is 6.32. The van der Waals surface area contributed by atoms with Gasteiger partial charge in [0.05, 0.1) is 11.1 Å². The first-order valence-electron chi connectivity index (χ1n) is 9.58. The molecule has 1 aromatic carbocycles. The van der Waals surface area contributed by atoms with Crippen molar-refractivity contribution in [2.45, 2.75) is 32.1 Å². The van der Waals surface area contributed by atoms with Crippen LogP contribution in [0.3, 0.4) is 0 Å². The molecular weight excluding hydrogens is 476 g/mol. The molecule has 1 aliphatic carbocycles. The van der Waals surface area contributed by atoms with Crippen molar-refractivity contribution in [2.75, 3.05) is 0 Å². The number of pyridine rings is 1. The molecule has 0 amide bonds. The van der Waals surface area contributed by atoms with Gasteiger partial charge in [-0.25, -0.2) is 4.98 Å². The van der Waals surface area contributed by atoms with Gasteiger partial charge in [-0.3, -0.25) is 4.79 Å². The maximum atomic E-state index is 14.3. The molecule has 0 radical (unpaired) electrons. The second kappa shape index (κ2) is 8.23. The van der Waals surface area contributed by atoms with Crippen LogP contribution in [0.25, 0.3) is 0 Å². The maximum absolute atomic E-state index is 14.3. The van der Waals surface area contributed by atoms with E-state index in [1.165, 1.54) is 24.3 Å². The summed E-state index contributed by atoms with van der Waals surface area (Å²) in [5.41, 5.74) is -5.08. The minimum Gasteiger partial charge on any atom is -0.481 e. The van der Waals surface area contributed by atoms with Gasteiger partial charge in [-0.2, -0.15) is 26.3 Å². The molecule has 0 saturated heterocycles. The molecule has 33 heavy (non-hydrogen) atoms. The van der Waals surface area contributed by atoms with Crippen molar-refractivity contribution in [3.63, 3.8) is 0 Å². The van der Waals surface area contributed by atoms with Crippen LogP contribution < -0.4 is 4.74 Å². The quantitative estimate of drug-likeness (QED) is 0.443. The fourth-order valence-electron chi connectivity index (χ4n) is 4.42. The van der Waals surface area contributed by atoms with Crippen LogP contribution in [0.5, 0.6) is 11.6 Å². The van der Waals surface area contributed by atoms with E-state index in [1.807, 2.05) is 0 Å². The summed E-state index contributed by atoms with van der Waals surface area (Å²) in [7, 11) is 0. The SMILES string of the molecule is CC1(C)C(C=C(Cl)C(F)(F)F)C1(C(=O)O)C(c1cccc(Oc2ccccc2)n1)C(F)(F)F. The second-order valence-electron chi connectivity index (χ2n) is 8.18. The lowest BCUT2D eigenvalue weighted by atomic mass is 9.79. The van der Waals surface area contributed by atoms with Crippen molar-refractivity contribution >= 4 is 17.6 Å². The number of hydrogen-bond acceptors (Lipinski definition) is 3. The Bertz CT molecular complexity index is 1070. The molecule has 1 fully saturated rings. The summed E-state index contributed by atoms with van der Waals surface area (Å²) in [6, 6.07) is 11.5. The molecule has 1 N–H and O–H groups in total. The maximum Gasteiger partial charge on any atom is 0.426 e. The van der Waals surface area contributed by atoms with Gasteiger partial charge in [-0.05, 0) is 23.6 Å². The number of para-hydroxylation sites is 1. The van der Waals surface area contributed by atoms with Gasteiger partial charge in [0.15, 0.2) is 0 Å². The number of carboxylic acid groups (broad SMARTS) is 1. The lowest BCUT2D eigenvalue weighted by Crippen LogP contribution is -2.39. The Hall–Kier alpha value is -2.75. The first kappa shape index (κ1) is 24.9. The molecule has 1 aromatic heterocycles. The van der Waals surface area contributed by atoms with Gasteiger partial charge in [0.1, 0.15) is 16.7 Å². The average Bonchev–Trinajstić information content (AvgIpc) is 3.16. The van der Waals surface area contributed by atoms with Crippen LogP contribution in [0, 0.1) is 16.7 Å². The lowest BCUT2D eigenvalue weighted by Gasteiger charge is -2.29. The largest absolute Gasteiger partial charge is 0.481 e. The number of aromatic nitrogens is 1. The van der Waals surface area contributed by atoms with Crippen molar-refractivity contribution < 1.29 is 41.0 Å². The van der Waals surface area contributed by atoms with Gasteiger partial charge < -0.3 is 9.84 Å². The van der Waals surface area contributed by atoms with E-state index >= 15 is 0 Å². The molecule has 2 aromatic rings. The van der Waals surface area contributed by atoms with E-state index < -0.39 is 51.7 Å². The van der Waals surface area contributed by atoms with Gasteiger partial charge in [-0.1, -0.05) is 55.8 Å². The Balaban J connectivity index is 2.12. The monoisotopic (exact) mass is 493 g/mol. The number of carbonyl (C=O) groups is 1. The third kappa shape index (κ3) is 4.40. The van der Waals surface area contributed by atoms with E-state index in [0.29, 0.717) is 6.08 Å². The highest BCUT2D eigenvalue weighted by Crippen LogP contribution is 2.77. The van der Waals surface area contributed by atoms with Crippen LogP contribution in [0.2, 0.25) is 0 Å². The van der Waals surface area contributed by atoms with Gasteiger partial charge in [0, 0.05) is 12.0 Å². The molecule has 4 nitrogen and oxygen atoms in total. The molecule has 0 bridgehead atoms. The summed E-state index contributed by atoms with van der Waals surface area (Å²) in [4.78, 5) is 16.1. The van der Waals surface area contributed by atoms with Crippen LogP contribution in [0.1, 0.15) is 25.5 Å². The Morgan fingerprint density at radius 1 is 1.09 bits per heavy atom. The number of alkyl halides is 6. The third-order valence-electron chi connectivity index (χ3n) is 5.98. The number of allylic oxidation sites excluding steroid dienone is 2. The van der Waals surface area contributed by atoms with Crippen LogP contribution in [0.15, 0.2) is 59.6 Å². The molecule has 3 unspecified atom stereocenters. The molecular formula is C22H18ClF6NO3. The first-order chi connectivity index (χ1) is 15.1. The van der Waals surface area contributed by atoms with E-state index in [2.05, 4.69) is 4.98 Å². The van der Waals surface area contributed by atoms with Crippen molar-refractivity contribution in [3.05, 3.63) is 65.3 Å². The van der Waals surface area contributed by atoms with Crippen LogP contribution in [-0.4, -0.2) is 28.4 Å². The van der Waals surface area contributed by atoms with Crippen LogP contribution in [-0.2, 0) is 4.79 Å². The zero-order chi connectivity index (χ0) is 24.8. The number of halogens is 7. The molecule has 11 heteroatoms. The Kier molecular flexibility index (Phi) is 6.21. The smallest absolute Gasteiger partial charge is 0.426 e. The van der Waals surface area contributed by atoms with E-state index in [1.54, 1.807) is 18.2 Å². The number of rotatable bonds is 6. The molecule has 1 saturated carbocycles. The van der Waals surface area contributed by atoms with E-state index in [-0.39, 0.29) is 11.6 Å². The standard InChI is InChI=1S/C22H18ClF6NO3/c1-19(2)14(11-15(23)21(24,25)26)20(19,18(31)32)17(22(27,28)29)13-9-6-10-16(30-13)33-12-7-4-3-5-8-12/h3-11,14,17H,1-2H3,(H,31,32). The zero-order valence-electron chi connectivity index (χ0n) is 17.2. The molecule has 3 rings (SSSR count). The zero-order valence-corrected chi connectivity index (χ0v) is 18.0. The lowest BCUT2D eigenvalue weighted by molar-refractivity contribution is -0.184. The predicted octanol–water partition coefficient (Wildman–Crippen LogP) is 6.93. The summed E-state index contributed by atoms with van der Waals surface area (Å²) < 4.78 is 87.3. The fourth-order valence-corrected chi connectivity index (χ4v) is 4.54. The average molecular weight is 494 g/mol. The summed E-state index contributed by atoms with van der Waals surface area (Å²) in [5.74, 6) is -6.24. The number of hydrogen-bond donors (Lipinski definition) is 1. The minimum absolute atomic E-state index is 0.229. The number of ether oxygens (including phenoxy) is 1. The highest BCUT2D eigenvalue weighted by Gasteiger charge is 2.82. The van der Waals surface area contributed by atoms with E-state index in [4.69, 9.17) is 16.3 Å². The first-order valence-corrected chi connectivity index (χ1v) is 9.95. The highest BCUT2D eigenvalue weighted by atomic mass is 35.5. The topological polar surface area (TPSA) is 59.4 Å². The van der Waals surface area contributed by atoms with Gasteiger partial charge >= 0.3 is 18.3 Å². The van der Waals surface area contributed by atoms with Crippen molar-refractivity contribution in [3.8, 4) is 11.6 Å². The predicted molar refractivity (Wildman–Crippen MR) is 107 cm³/mol. The van der Waals surface area contributed by atoms with Gasteiger partial charge in [0.25, 0.3) is 0 Å². The molecule has 3 atom stereocenters. The van der Waals surface area contributed by atoms with Crippen molar-refractivity contribution in [2.24, 2.45) is 16.7 Å². The van der Waals surface area contributed by atoms with Gasteiger partial charge in [-0.15, -0.1) is 0 Å². The summed E-state index contributed by atoms with van der Waals surface area (Å²) in [6.45, 7) is 2.32. The van der Waals surface area contributed by atoms with Crippen molar-refractivity contribution in [1.29, 1.82) is 0 Å². The Morgan fingerprint density at radius 3 is 2.21 bits per heavy atom. The molecule has 1 aliphatic rings. The molecule has 178 valence electrons. The Labute approximate surface area is 189 Å². The summed E-state index contributed by atoms with van der Waals surface area (Å²) in [5, 5.41) is 8.23. The molecule has 1 heterocycles. The Morgan fingerprint density at radius 2 is 1.70 bits per heavy atom. The summed E-state index contributed by atoms with van der Waals surface area (Å²) >= 11 is 5.26. The second-order valence-corrected chi connectivity index (χ2v) is 8.58. The fraction of sp³-hybridized carbons (Fsp3) is 0.364. The van der Waals surface area contributed by atoms with Crippen LogP contribution >= 0.6 is 11.6 Å². The number of benzene rings is 1. The minimum atomic E-state index is -5.15. The van der Waals surface area contributed by atoms with E-state index in [9.17, 15) is 36.2 Å². The molecule has 0 aliphatic heterocycles. The highest BCUT2D eigenvalue weighted by molar-refractivity contribution is 6.30. The number of aliphatic carboxylic acids is 1. The number of carboxylic acids is 1.